The fourth-order valence-electron chi connectivity index (χ4n) is 3.95. The summed E-state index contributed by atoms with van der Waals surface area (Å²) in [5.74, 6) is 1.23. The standard InChI is InChI=1S/C20H29ClN2O2S/c1-12-3-7-14(8-4-12)22-19(24)17-11-16(21)18(26-17)20(25)23-15-9-5-13(2)6-10-15/h11-15H,3-10H2,1-2H3,(H,22,24)(H,23,25). The highest BCUT2D eigenvalue weighted by atomic mass is 35.5. The number of hydrogen-bond acceptors (Lipinski definition) is 3. The van der Waals surface area contributed by atoms with Crippen LogP contribution in [0.5, 0.6) is 0 Å². The third-order valence-electron chi connectivity index (χ3n) is 5.82. The number of thiophene rings is 1. The molecular weight excluding hydrogens is 368 g/mol. The Morgan fingerprint density at radius 3 is 1.85 bits per heavy atom. The minimum atomic E-state index is -0.148. The van der Waals surface area contributed by atoms with E-state index in [0.29, 0.717) is 14.8 Å². The quantitative estimate of drug-likeness (QED) is 0.750. The number of carbonyl (C=O) groups excluding carboxylic acids is 2. The van der Waals surface area contributed by atoms with Crippen LogP contribution in [0.4, 0.5) is 0 Å². The molecule has 1 heterocycles. The molecule has 0 radical (unpaired) electrons. The molecule has 2 amide bonds. The summed E-state index contributed by atoms with van der Waals surface area (Å²) in [7, 11) is 0. The lowest BCUT2D eigenvalue weighted by atomic mass is 9.87. The van der Waals surface area contributed by atoms with Gasteiger partial charge in [-0.05, 0) is 69.3 Å². The predicted molar refractivity (Wildman–Crippen MR) is 107 cm³/mol. The largest absolute Gasteiger partial charge is 0.349 e. The Hall–Kier alpha value is -1.07. The van der Waals surface area contributed by atoms with Crippen molar-refractivity contribution in [1.29, 1.82) is 0 Å². The molecule has 1 aromatic rings. The molecule has 0 spiro atoms. The third kappa shape index (κ3) is 5.01. The van der Waals surface area contributed by atoms with Gasteiger partial charge in [-0.3, -0.25) is 9.59 Å². The van der Waals surface area contributed by atoms with Crippen molar-refractivity contribution in [2.24, 2.45) is 11.8 Å². The van der Waals surface area contributed by atoms with Crippen molar-refractivity contribution in [3.8, 4) is 0 Å². The zero-order valence-electron chi connectivity index (χ0n) is 15.6. The molecule has 2 N–H and O–H groups in total. The maximum atomic E-state index is 12.6. The fourth-order valence-corrected chi connectivity index (χ4v) is 5.18. The second kappa shape index (κ2) is 8.75. The number of amides is 2. The summed E-state index contributed by atoms with van der Waals surface area (Å²) in [4.78, 5) is 26.1. The number of hydrogen-bond donors (Lipinski definition) is 2. The molecular formula is C20H29ClN2O2S. The van der Waals surface area contributed by atoms with Gasteiger partial charge in [0.2, 0.25) is 0 Å². The van der Waals surface area contributed by atoms with Crippen LogP contribution in [0.3, 0.4) is 0 Å². The molecule has 4 nitrogen and oxygen atoms in total. The Morgan fingerprint density at radius 1 is 0.885 bits per heavy atom. The lowest BCUT2D eigenvalue weighted by molar-refractivity contribution is 0.0920. The summed E-state index contributed by atoms with van der Waals surface area (Å²) in [6, 6.07) is 2.09. The van der Waals surface area contributed by atoms with E-state index in [0.717, 1.165) is 63.2 Å². The molecule has 0 saturated heterocycles. The van der Waals surface area contributed by atoms with Gasteiger partial charge >= 0.3 is 0 Å². The van der Waals surface area contributed by atoms with Gasteiger partial charge in [-0.25, -0.2) is 0 Å². The zero-order valence-corrected chi connectivity index (χ0v) is 17.2. The molecule has 3 rings (SSSR count). The summed E-state index contributed by atoms with van der Waals surface area (Å²) in [6.07, 6.45) is 8.70. The molecule has 1 aromatic heterocycles. The maximum absolute atomic E-state index is 12.6. The minimum Gasteiger partial charge on any atom is -0.349 e. The van der Waals surface area contributed by atoms with E-state index in [-0.39, 0.29) is 23.9 Å². The van der Waals surface area contributed by atoms with Gasteiger partial charge in [0.25, 0.3) is 11.8 Å². The van der Waals surface area contributed by atoms with Crippen molar-refractivity contribution < 1.29 is 9.59 Å². The van der Waals surface area contributed by atoms with Gasteiger partial charge in [-0.1, -0.05) is 25.4 Å². The predicted octanol–water partition coefficient (Wildman–Crippen LogP) is 5.02. The van der Waals surface area contributed by atoms with E-state index in [4.69, 9.17) is 11.6 Å². The number of carbonyl (C=O) groups is 2. The second-order valence-electron chi connectivity index (χ2n) is 8.15. The van der Waals surface area contributed by atoms with Crippen molar-refractivity contribution in [2.75, 3.05) is 0 Å². The van der Waals surface area contributed by atoms with Crippen molar-refractivity contribution in [1.82, 2.24) is 10.6 Å². The first-order valence-corrected chi connectivity index (χ1v) is 11.0. The zero-order chi connectivity index (χ0) is 18.7. The number of rotatable bonds is 4. The van der Waals surface area contributed by atoms with Crippen LogP contribution in [0.2, 0.25) is 5.02 Å². The fraction of sp³-hybridized carbons (Fsp3) is 0.700. The third-order valence-corrected chi connectivity index (χ3v) is 7.36. The van der Waals surface area contributed by atoms with Crippen LogP contribution in [-0.4, -0.2) is 23.9 Å². The summed E-state index contributed by atoms with van der Waals surface area (Å²) in [6.45, 7) is 4.51. The van der Waals surface area contributed by atoms with E-state index >= 15 is 0 Å². The first kappa shape index (κ1) is 19.7. The molecule has 0 bridgehead atoms. The van der Waals surface area contributed by atoms with Gasteiger partial charge in [-0.15, -0.1) is 11.3 Å². The highest BCUT2D eigenvalue weighted by Crippen LogP contribution is 2.29. The molecule has 2 aliphatic rings. The van der Waals surface area contributed by atoms with Gasteiger partial charge in [0.15, 0.2) is 0 Å². The van der Waals surface area contributed by atoms with E-state index < -0.39 is 0 Å². The van der Waals surface area contributed by atoms with Gasteiger partial charge < -0.3 is 10.6 Å². The van der Waals surface area contributed by atoms with Crippen LogP contribution in [0.25, 0.3) is 0 Å². The van der Waals surface area contributed by atoms with E-state index in [1.807, 2.05) is 0 Å². The first-order valence-electron chi connectivity index (χ1n) is 9.83. The summed E-state index contributed by atoms with van der Waals surface area (Å²) >= 11 is 7.45. The van der Waals surface area contributed by atoms with Gasteiger partial charge in [0.05, 0.1) is 9.90 Å². The van der Waals surface area contributed by atoms with Gasteiger partial charge in [0.1, 0.15) is 4.88 Å². The molecule has 26 heavy (non-hydrogen) atoms. The Labute approximate surface area is 165 Å². The van der Waals surface area contributed by atoms with Crippen molar-refractivity contribution in [2.45, 2.75) is 77.3 Å². The van der Waals surface area contributed by atoms with Gasteiger partial charge in [0, 0.05) is 12.1 Å². The van der Waals surface area contributed by atoms with Crippen LogP contribution in [0, 0.1) is 11.8 Å². The molecule has 0 aliphatic heterocycles. The molecule has 2 fully saturated rings. The molecule has 2 aliphatic carbocycles. The smallest absolute Gasteiger partial charge is 0.263 e. The SMILES string of the molecule is CC1CCC(NC(=O)c2cc(Cl)c(C(=O)NC3CCC(C)CC3)s2)CC1. The van der Waals surface area contributed by atoms with Crippen LogP contribution < -0.4 is 10.6 Å². The summed E-state index contributed by atoms with van der Waals surface area (Å²) in [5.41, 5.74) is 0. The lowest BCUT2D eigenvalue weighted by Gasteiger charge is -2.26. The summed E-state index contributed by atoms with van der Waals surface area (Å²) < 4.78 is 0. The summed E-state index contributed by atoms with van der Waals surface area (Å²) in [5, 5.41) is 6.57. The van der Waals surface area contributed by atoms with E-state index in [2.05, 4.69) is 24.5 Å². The molecule has 0 aromatic carbocycles. The van der Waals surface area contributed by atoms with Crippen molar-refractivity contribution in [3.05, 3.63) is 20.8 Å². The van der Waals surface area contributed by atoms with Gasteiger partial charge in [-0.2, -0.15) is 0 Å². The monoisotopic (exact) mass is 396 g/mol. The highest BCUT2D eigenvalue weighted by Gasteiger charge is 2.25. The van der Waals surface area contributed by atoms with Crippen LogP contribution in [-0.2, 0) is 0 Å². The van der Waals surface area contributed by atoms with E-state index in [9.17, 15) is 9.59 Å². The molecule has 6 heteroatoms. The number of nitrogens with one attached hydrogen (secondary N) is 2. The molecule has 0 atom stereocenters. The molecule has 0 unspecified atom stereocenters. The minimum absolute atomic E-state index is 0.109. The normalized spacial score (nSPS) is 29.2. The average Bonchev–Trinajstić information content (AvgIpc) is 3.01. The Morgan fingerprint density at radius 2 is 1.35 bits per heavy atom. The maximum Gasteiger partial charge on any atom is 0.263 e. The van der Waals surface area contributed by atoms with E-state index in [1.54, 1.807) is 6.07 Å². The van der Waals surface area contributed by atoms with Crippen LogP contribution in [0.15, 0.2) is 6.07 Å². The lowest BCUT2D eigenvalue weighted by Crippen LogP contribution is -2.37. The number of halogens is 1. The van der Waals surface area contributed by atoms with Crippen molar-refractivity contribution >= 4 is 34.8 Å². The van der Waals surface area contributed by atoms with E-state index in [1.165, 1.54) is 11.3 Å². The highest BCUT2D eigenvalue weighted by molar-refractivity contribution is 7.16. The van der Waals surface area contributed by atoms with Crippen LogP contribution in [0.1, 0.15) is 84.6 Å². The average molecular weight is 397 g/mol. The Balaban J connectivity index is 1.57. The van der Waals surface area contributed by atoms with Crippen LogP contribution >= 0.6 is 22.9 Å². The first-order chi connectivity index (χ1) is 12.4. The molecule has 144 valence electrons. The Kier molecular flexibility index (Phi) is 6.62. The van der Waals surface area contributed by atoms with Crippen molar-refractivity contribution in [3.63, 3.8) is 0 Å². The topological polar surface area (TPSA) is 58.2 Å². The molecule has 2 saturated carbocycles. The Bertz CT molecular complexity index is 644. The second-order valence-corrected chi connectivity index (χ2v) is 9.61.